The number of benzene rings is 1. The van der Waals surface area contributed by atoms with Gasteiger partial charge in [-0.05, 0) is 18.2 Å². The molecule has 1 amide bonds. The number of methoxy groups -OCH3 is 1. The molecule has 0 saturated carbocycles. The van der Waals surface area contributed by atoms with E-state index in [9.17, 15) is 14.0 Å². The number of thioether (sulfide) groups is 1. The number of hydrogen-bond acceptors (Lipinski definition) is 4. The molecule has 0 aromatic heterocycles. The average Bonchev–Trinajstić information content (AvgIpc) is 2.43. The van der Waals surface area contributed by atoms with Crippen molar-refractivity contribution < 1.29 is 23.8 Å². The van der Waals surface area contributed by atoms with Crippen molar-refractivity contribution in [3.63, 3.8) is 0 Å². The average molecular weight is 315 g/mol. The van der Waals surface area contributed by atoms with E-state index >= 15 is 0 Å². The molecule has 1 rings (SSSR count). The third kappa shape index (κ3) is 5.63. The summed E-state index contributed by atoms with van der Waals surface area (Å²) in [4.78, 5) is 21.8. The molecule has 1 unspecified atom stereocenters. The lowest BCUT2D eigenvalue weighted by Gasteiger charge is -2.13. The van der Waals surface area contributed by atoms with Gasteiger partial charge in [-0.2, -0.15) is 11.8 Å². The normalized spacial score (nSPS) is 11.8. The lowest BCUT2D eigenvalue weighted by atomic mass is 10.2. The second kappa shape index (κ2) is 8.51. The maximum atomic E-state index is 13.9. The first-order valence-electron chi connectivity index (χ1n) is 6.34. The zero-order chi connectivity index (χ0) is 15.8. The Labute approximate surface area is 126 Å². The molecule has 2 N–H and O–H groups in total. The standard InChI is InChI=1S/C14H18FNO4S/c1-9(17)16-11(14(18)19)6-7-21-8-10-4-3-5-12(20-2)13(10)15/h3-5,11H,6-8H2,1-2H3,(H,16,17)(H,18,19). The second-order valence-corrected chi connectivity index (χ2v) is 5.47. The van der Waals surface area contributed by atoms with E-state index in [4.69, 9.17) is 9.84 Å². The minimum absolute atomic E-state index is 0.190. The van der Waals surface area contributed by atoms with Crippen LogP contribution in [-0.4, -0.2) is 35.9 Å². The van der Waals surface area contributed by atoms with Crippen LogP contribution in [0, 0.1) is 5.82 Å². The third-order valence-corrected chi connectivity index (χ3v) is 3.79. The molecule has 5 nitrogen and oxygen atoms in total. The van der Waals surface area contributed by atoms with Gasteiger partial charge in [-0.3, -0.25) is 4.79 Å². The number of halogens is 1. The zero-order valence-electron chi connectivity index (χ0n) is 11.9. The van der Waals surface area contributed by atoms with Gasteiger partial charge in [0.1, 0.15) is 6.04 Å². The number of carboxylic acid groups (broad SMARTS) is 1. The highest BCUT2D eigenvalue weighted by atomic mass is 32.2. The van der Waals surface area contributed by atoms with Gasteiger partial charge in [-0.1, -0.05) is 12.1 Å². The van der Waals surface area contributed by atoms with Crippen LogP contribution in [0.1, 0.15) is 18.9 Å². The van der Waals surface area contributed by atoms with Crippen LogP contribution in [0.3, 0.4) is 0 Å². The molecule has 0 heterocycles. The van der Waals surface area contributed by atoms with Gasteiger partial charge in [0.25, 0.3) is 0 Å². The van der Waals surface area contributed by atoms with E-state index < -0.39 is 17.8 Å². The molecule has 0 saturated heterocycles. The molecule has 0 radical (unpaired) electrons. The summed E-state index contributed by atoms with van der Waals surface area (Å²) in [6, 6.07) is 3.99. The van der Waals surface area contributed by atoms with Crippen LogP contribution in [0.25, 0.3) is 0 Å². The molecule has 7 heteroatoms. The van der Waals surface area contributed by atoms with Crippen LogP contribution >= 0.6 is 11.8 Å². The van der Waals surface area contributed by atoms with E-state index in [-0.39, 0.29) is 18.1 Å². The van der Waals surface area contributed by atoms with Crippen molar-refractivity contribution in [2.75, 3.05) is 12.9 Å². The number of rotatable bonds is 8. The number of ether oxygens (including phenoxy) is 1. The second-order valence-electron chi connectivity index (χ2n) is 4.37. The van der Waals surface area contributed by atoms with Gasteiger partial charge in [0.15, 0.2) is 11.6 Å². The SMILES string of the molecule is COc1cccc(CSCCC(NC(C)=O)C(=O)O)c1F. The minimum atomic E-state index is -1.07. The number of carboxylic acids is 1. The molecule has 116 valence electrons. The molecule has 1 atom stereocenters. The fourth-order valence-corrected chi connectivity index (χ4v) is 2.70. The molecule has 0 spiro atoms. The fraction of sp³-hybridized carbons (Fsp3) is 0.429. The summed E-state index contributed by atoms with van der Waals surface area (Å²) in [7, 11) is 1.40. The van der Waals surface area contributed by atoms with Crippen LogP contribution in [-0.2, 0) is 15.3 Å². The predicted molar refractivity (Wildman–Crippen MR) is 79.0 cm³/mol. The van der Waals surface area contributed by atoms with Gasteiger partial charge >= 0.3 is 5.97 Å². The summed E-state index contributed by atoms with van der Waals surface area (Å²) in [5.74, 6) is -0.757. The molecule has 0 aliphatic rings. The Morgan fingerprint density at radius 2 is 2.19 bits per heavy atom. The first-order valence-corrected chi connectivity index (χ1v) is 7.50. The Kier molecular flexibility index (Phi) is 7.01. The number of carbonyl (C=O) groups is 2. The lowest BCUT2D eigenvalue weighted by molar-refractivity contribution is -0.141. The van der Waals surface area contributed by atoms with Gasteiger partial charge in [0, 0.05) is 18.2 Å². The minimum Gasteiger partial charge on any atom is -0.494 e. The zero-order valence-corrected chi connectivity index (χ0v) is 12.7. The highest BCUT2D eigenvalue weighted by molar-refractivity contribution is 7.98. The van der Waals surface area contributed by atoms with E-state index in [1.807, 2.05) is 0 Å². The van der Waals surface area contributed by atoms with Crippen LogP contribution < -0.4 is 10.1 Å². The van der Waals surface area contributed by atoms with Crippen molar-refractivity contribution in [2.45, 2.75) is 25.1 Å². The number of carbonyl (C=O) groups excluding carboxylic acids is 1. The van der Waals surface area contributed by atoms with Crippen molar-refractivity contribution in [1.82, 2.24) is 5.32 Å². The maximum Gasteiger partial charge on any atom is 0.326 e. The van der Waals surface area contributed by atoms with Gasteiger partial charge in [-0.15, -0.1) is 0 Å². The fourth-order valence-electron chi connectivity index (χ4n) is 1.71. The van der Waals surface area contributed by atoms with Crippen LogP contribution in [0.4, 0.5) is 4.39 Å². The van der Waals surface area contributed by atoms with Gasteiger partial charge < -0.3 is 15.2 Å². The Balaban J connectivity index is 2.46. The van der Waals surface area contributed by atoms with Gasteiger partial charge in [-0.25, -0.2) is 9.18 Å². The van der Waals surface area contributed by atoms with Crippen molar-refractivity contribution >= 4 is 23.6 Å². The quantitative estimate of drug-likeness (QED) is 0.718. The Bertz CT molecular complexity index is 510. The Hall–Kier alpha value is -1.76. The summed E-state index contributed by atoms with van der Waals surface area (Å²) in [5.41, 5.74) is 0.505. The topological polar surface area (TPSA) is 75.6 Å². The summed E-state index contributed by atoms with van der Waals surface area (Å²) in [6.45, 7) is 1.27. The molecule has 1 aromatic carbocycles. The van der Waals surface area contributed by atoms with E-state index in [0.717, 1.165) is 0 Å². The van der Waals surface area contributed by atoms with E-state index in [2.05, 4.69) is 5.32 Å². The van der Waals surface area contributed by atoms with E-state index in [1.165, 1.54) is 25.8 Å². The summed E-state index contributed by atoms with van der Waals surface area (Å²) in [6.07, 6.45) is 0.283. The number of amides is 1. The van der Waals surface area contributed by atoms with Crippen molar-refractivity contribution in [1.29, 1.82) is 0 Å². The summed E-state index contributed by atoms with van der Waals surface area (Å²) >= 11 is 1.40. The molecule has 0 fully saturated rings. The van der Waals surface area contributed by atoms with E-state index in [1.54, 1.807) is 18.2 Å². The molecule has 21 heavy (non-hydrogen) atoms. The highest BCUT2D eigenvalue weighted by Gasteiger charge is 2.17. The number of nitrogens with one attached hydrogen (secondary N) is 1. The molecule has 1 aromatic rings. The summed E-state index contributed by atoms with van der Waals surface area (Å²) < 4.78 is 18.8. The lowest BCUT2D eigenvalue weighted by Crippen LogP contribution is -2.39. The van der Waals surface area contributed by atoms with Crippen LogP contribution in [0.15, 0.2) is 18.2 Å². The van der Waals surface area contributed by atoms with Crippen molar-refractivity contribution in [2.24, 2.45) is 0 Å². The predicted octanol–water partition coefficient (Wildman–Crippen LogP) is 2.05. The van der Waals surface area contributed by atoms with E-state index in [0.29, 0.717) is 17.1 Å². The van der Waals surface area contributed by atoms with Gasteiger partial charge in [0.2, 0.25) is 5.91 Å². The highest BCUT2D eigenvalue weighted by Crippen LogP contribution is 2.23. The number of aliphatic carboxylic acids is 1. The molecule has 0 bridgehead atoms. The Morgan fingerprint density at radius 1 is 1.48 bits per heavy atom. The van der Waals surface area contributed by atoms with Gasteiger partial charge in [0.05, 0.1) is 7.11 Å². The van der Waals surface area contributed by atoms with Crippen molar-refractivity contribution in [3.8, 4) is 5.75 Å². The first-order chi connectivity index (χ1) is 9.95. The Morgan fingerprint density at radius 3 is 2.76 bits per heavy atom. The monoisotopic (exact) mass is 315 g/mol. The third-order valence-electron chi connectivity index (χ3n) is 2.75. The van der Waals surface area contributed by atoms with Crippen LogP contribution in [0.2, 0.25) is 0 Å². The molecule has 0 aliphatic heterocycles. The first kappa shape index (κ1) is 17.3. The summed E-state index contributed by atoms with van der Waals surface area (Å²) in [5, 5.41) is 11.3. The molecular weight excluding hydrogens is 297 g/mol. The molecular formula is C14H18FNO4S. The largest absolute Gasteiger partial charge is 0.494 e. The molecule has 0 aliphatic carbocycles. The van der Waals surface area contributed by atoms with Crippen LogP contribution in [0.5, 0.6) is 5.75 Å². The smallest absolute Gasteiger partial charge is 0.326 e. The van der Waals surface area contributed by atoms with Crippen molar-refractivity contribution in [3.05, 3.63) is 29.6 Å². The maximum absolute atomic E-state index is 13.9. The number of hydrogen-bond donors (Lipinski definition) is 2.